The van der Waals surface area contributed by atoms with Gasteiger partial charge in [0.1, 0.15) is 5.69 Å². The molecule has 128 valence electrons. The number of nitrogens with one attached hydrogen (secondary N) is 2. The summed E-state index contributed by atoms with van der Waals surface area (Å²) < 4.78 is 10.8. The van der Waals surface area contributed by atoms with Crippen LogP contribution in [-0.4, -0.2) is 22.7 Å². The number of aromatic nitrogens is 2. The summed E-state index contributed by atoms with van der Waals surface area (Å²) in [7, 11) is 0. The Balaban J connectivity index is 1.83. The first-order chi connectivity index (χ1) is 12.7. The smallest absolute Gasteiger partial charge is 0.283 e. The molecule has 2 aromatic carbocycles. The summed E-state index contributed by atoms with van der Waals surface area (Å²) in [4.78, 5) is 20.1. The maximum absolute atomic E-state index is 12.1. The van der Waals surface area contributed by atoms with Crippen molar-refractivity contribution in [3.8, 4) is 22.8 Å². The quantitative estimate of drug-likeness (QED) is 0.294. The van der Waals surface area contributed by atoms with Crippen LogP contribution >= 0.6 is 0 Å². The van der Waals surface area contributed by atoms with E-state index < -0.39 is 5.91 Å². The van der Waals surface area contributed by atoms with Crippen LogP contribution in [-0.2, 0) is 0 Å². The molecule has 26 heavy (non-hydrogen) atoms. The summed E-state index contributed by atoms with van der Waals surface area (Å²) in [6.07, 6.45) is 0. The highest BCUT2D eigenvalue weighted by atomic mass is 16.7. The highest BCUT2D eigenvalue weighted by Crippen LogP contribution is 2.38. The van der Waals surface area contributed by atoms with Crippen LogP contribution in [0.15, 0.2) is 48.5 Å². The van der Waals surface area contributed by atoms with E-state index >= 15 is 0 Å². The number of nitrogen functional groups attached to an aromatic ring is 1. The number of ether oxygens (including phenoxy) is 2. The number of carbonyl (C=O) groups excluding carboxylic acids is 1. The van der Waals surface area contributed by atoms with E-state index in [2.05, 4.69) is 15.4 Å². The number of fused-ring (bicyclic) bond motifs is 4. The molecule has 1 aliphatic heterocycles. The van der Waals surface area contributed by atoms with Crippen molar-refractivity contribution in [2.75, 3.05) is 6.79 Å². The van der Waals surface area contributed by atoms with Crippen LogP contribution in [0.3, 0.4) is 0 Å². The molecular weight excluding hydrogens is 332 g/mol. The molecule has 0 saturated heterocycles. The summed E-state index contributed by atoms with van der Waals surface area (Å²) >= 11 is 0. The van der Waals surface area contributed by atoms with Gasteiger partial charge in [0.25, 0.3) is 5.91 Å². The van der Waals surface area contributed by atoms with Crippen LogP contribution < -0.4 is 20.7 Å². The third-order valence-corrected chi connectivity index (χ3v) is 4.51. The molecule has 1 aliphatic rings. The SMILES string of the molecule is NNC(=O)c1cc2c([nH]c3ccccc32)c(-c2ccc3c(c2)OCO3)n1. The Morgan fingerprint density at radius 1 is 1.08 bits per heavy atom. The summed E-state index contributed by atoms with van der Waals surface area (Å²) in [6, 6.07) is 15.2. The van der Waals surface area contributed by atoms with Gasteiger partial charge < -0.3 is 14.5 Å². The van der Waals surface area contributed by atoms with Gasteiger partial charge in [0.15, 0.2) is 11.5 Å². The van der Waals surface area contributed by atoms with E-state index in [9.17, 15) is 4.79 Å². The summed E-state index contributed by atoms with van der Waals surface area (Å²) in [5.41, 5.74) is 5.68. The molecule has 4 N–H and O–H groups in total. The normalized spacial score (nSPS) is 12.7. The lowest BCUT2D eigenvalue weighted by Gasteiger charge is -2.07. The number of rotatable bonds is 2. The first kappa shape index (κ1) is 14.7. The molecule has 0 atom stereocenters. The second-order valence-corrected chi connectivity index (χ2v) is 5.99. The van der Waals surface area contributed by atoms with Gasteiger partial charge in [0.2, 0.25) is 6.79 Å². The van der Waals surface area contributed by atoms with Crippen molar-refractivity contribution in [3.05, 3.63) is 54.2 Å². The van der Waals surface area contributed by atoms with Gasteiger partial charge in [-0.25, -0.2) is 10.8 Å². The van der Waals surface area contributed by atoms with Crippen LogP contribution in [0.25, 0.3) is 33.1 Å². The number of H-pyrrole nitrogens is 1. The zero-order valence-electron chi connectivity index (χ0n) is 13.6. The maximum Gasteiger partial charge on any atom is 0.283 e. The number of hydrogen-bond donors (Lipinski definition) is 3. The molecule has 7 heteroatoms. The van der Waals surface area contributed by atoms with Crippen molar-refractivity contribution in [1.82, 2.24) is 15.4 Å². The molecule has 0 fully saturated rings. The van der Waals surface area contributed by atoms with Crippen molar-refractivity contribution in [1.29, 1.82) is 0 Å². The lowest BCUT2D eigenvalue weighted by molar-refractivity contribution is 0.0949. The first-order valence-electron chi connectivity index (χ1n) is 8.07. The Morgan fingerprint density at radius 3 is 2.81 bits per heavy atom. The molecule has 4 aromatic rings. The third-order valence-electron chi connectivity index (χ3n) is 4.51. The number of hydrazine groups is 1. The van der Waals surface area contributed by atoms with Gasteiger partial charge in [0, 0.05) is 21.9 Å². The van der Waals surface area contributed by atoms with Gasteiger partial charge in [-0.2, -0.15) is 0 Å². The predicted molar refractivity (Wildman–Crippen MR) is 96.8 cm³/mol. The number of nitrogens with two attached hydrogens (primary N) is 1. The van der Waals surface area contributed by atoms with Crippen LogP contribution in [0.4, 0.5) is 0 Å². The van der Waals surface area contributed by atoms with E-state index in [1.807, 2.05) is 42.5 Å². The molecule has 0 saturated carbocycles. The third kappa shape index (κ3) is 2.11. The van der Waals surface area contributed by atoms with Crippen molar-refractivity contribution in [3.63, 3.8) is 0 Å². The van der Waals surface area contributed by atoms with E-state index in [1.54, 1.807) is 6.07 Å². The molecule has 7 nitrogen and oxygen atoms in total. The van der Waals surface area contributed by atoms with Crippen LogP contribution in [0.5, 0.6) is 11.5 Å². The highest BCUT2D eigenvalue weighted by Gasteiger charge is 2.19. The van der Waals surface area contributed by atoms with Gasteiger partial charge in [-0.15, -0.1) is 0 Å². The second kappa shape index (κ2) is 5.47. The summed E-state index contributed by atoms with van der Waals surface area (Å²) in [5.74, 6) is 6.22. The zero-order valence-corrected chi connectivity index (χ0v) is 13.6. The number of nitrogens with zero attached hydrogens (tertiary/aromatic N) is 1. The second-order valence-electron chi connectivity index (χ2n) is 5.99. The van der Waals surface area contributed by atoms with E-state index in [0.717, 1.165) is 27.4 Å². The number of amides is 1. The molecule has 5 rings (SSSR count). The lowest BCUT2D eigenvalue weighted by Crippen LogP contribution is -2.30. The highest BCUT2D eigenvalue weighted by molar-refractivity contribution is 6.13. The van der Waals surface area contributed by atoms with Gasteiger partial charge in [-0.1, -0.05) is 18.2 Å². The zero-order chi connectivity index (χ0) is 17.7. The van der Waals surface area contributed by atoms with Crippen molar-refractivity contribution in [2.45, 2.75) is 0 Å². The van der Waals surface area contributed by atoms with Crippen LogP contribution in [0.2, 0.25) is 0 Å². The largest absolute Gasteiger partial charge is 0.454 e. The van der Waals surface area contributed by atoms with E-state index in [1.165, 1.54) is 0 Å². The molecule has 1 amide bonds. The monoisotopic (exact) mass is 346 g/mol. The standard InChI is InChI=1S/C19H14N4O3/c20-23-19(24)14-8-12-11-3-1-2-4-13(11)21-18(12)17(22-14)10-5-6-15-16(7-10)26-9-25-15/h1-8,21H,9,20H2,(H,23,24). The van der Waals surface area contributed by atoms with Crippen molar-refractivity contribution in [2.24, 2.45) is 5.84 Å². The molecule has 0 unspecified atom stereocenters. The van der Waals surface area contributed by atoms with E-state index in [4.69, 9.17) is 15.3 Å². The molecule has 2 aromatic heterocycles. The Kier molecular flexibility index (Phi) is 3.10. The molecule has 0 spiro atoms. The molecule has 3 heterocycles. The minimum absolute atomic E-state index is 0.198. The minimum Gasteiger partial charge on any atom is -0.454 e. The van der Waals surface area contributed by atoms with E-state index in [-0.39, 0.29) is 12.5 Å². The average molecular weight is 346 g/mol. The minimum atomic E-state index is -0.445. The number of carbonyl (C=O) groups is 1. The predicted octanol–water partition coefficient (Wildman–Crippen LogP) is 2.72. The van der Waals surface area contributed by atoms with Crippen molar-refractivity contribution >= 4 is 27.7 Å². The van der Waals surface area contributed by atoms with Crippen LogP contribution in [0, 0.1) is 0 Å². The topological polar surface area (TPSA) is 102 Å². The number of hydrogen-bond acceptors (Lipinski definition) is 5. The summed E-state index contributed by atoms with van der Waals surface area (Å²) in [6.45, 7) is 0.198. The Morgan fingerprint density at radius 2 is 1.92 bits per heavy atom. The lowest BCUT2D eigenvalue weighted by atomic mass is 10.1. The number of benzene rings is 2. The van der Waals surface area contributed by atoms with Gasteiger partial charge in [-0.3, -0.25) is 10.2 Å². The van der Waals surface area contributed by atoms with E-state index in [0.29, 0.717) is 17.2 Å². The van der Waals surface area contributed by atoms with Gasteiger partial charge >= 0.3 is 0 Å². The molecule has 0 radical (unpaired) electrons. The molecular formula is C19H14N4O3. The Labute approximate surface area is 147 Å². The van der Waals surface area contributed by atoms with Gasteiger partial charge in [0.05, 0.1) is 11.2 Å². The molecule has 0 bridgehead atoms. The number of para-hydroxylation sites is 1. The Bertz CT molecular complexity index is 1180. The van der Waals surface area contributed by atoms with Crippen molar-refractivity contribution < 1.29 is 14.3 Å². The molecule has 0 aliphatic carbocycles. The van der Waals surface area contributed by atoms with Gasteiger partial charge in [-0.05, 0) is 30.3 Å². The fraction of sp³-hybridized carbons (Fsp3) is 0.0526. The Hall–Kier alpha value is -3.58. The number of pyridine rings is 1. The maximum atomic E-state index is 12.1. The number of aromatic amines is 1. The van der Waals surface area contributed by atoms with Crippen LogP contribution in [0.1, 0.15) is 10.5 Å². The fourth-order valence-electron chi connectivity index (χ4n) is 3.29. The first-order valence-corrected chi connectivity index (χ1v) is 8.07. The summed E-state index contributed by atoms with van der Waals surface area (Å²) in [5, 5.41) is 1.92. The average Bonchev–Trinajstić information content (AvgIpc) is 3.30. The fourth-order valence-corrected chi connectivity index (χ4v) is 3.29.